The smallest absolute Gasteiger partial charge is 0.327 e. The van der Waals surface area contributed by atoms with Crippen LogP contribution in [0.3, 0.4) is 0 Å². The van der Waals surface area contributed by atoms with Crippen molar-refractivity contribution >= 4 is 25.3 Å². The molecule has 0 saturated heterocycles. The average molecular weight is 883 g/mol. The topological polar surface area (TPSA) is 159 Å². The molecule has 0 unspecified atom stereocenters. The van der Waals surface area contributed by atoms with Crippen LogP contribution in [0.15, 0.2) is 0 Å². The summed E-state index contributed by atoms with van der Waals surface area (Å²) >= 11 is 1.65. The van der Waals surface area contributed by atoms with Crippen molar-refractivity contribution in [3.8, 4) is 0 Å². The zero-order valence-electron chi connectivity index (χ0n) is 38.3. The number of nitrogens with two attached hydrogens (primary N) is 1. The second kappa shape index (κ2) is 47.2. The minimum atomic E-state index is -4.03. The number of rotatable bonds is 50. The van der Waals surface area contributed by atoms with Gasteiger partial charge in [0.25, 0.3) is 0 Å². The fourth-order valence-corrected chi connectivity index (χ4v) is 8.17. The van der Waals surface area contributed by atoms with Gasteiger partial charge in [-0.05, 0) is 12.8 Å². The number of hydrogen-bond donors (Lipinski definition) is 4. The predicted molar refractivity (Wildman–Crippen MR) is 249 cm³/mol. The molecule has 2 atom stereocenters. The van der Waals surface area contributed by atoms with Gasteiger partial charge in [0, 0.05) is 31.3 Å². The normalized spacial score (nSPS) is 13.0. The third-order valence-electron chi connectivity index (χ3n) is 10.6. The molecule has 1 amide bonds. The van der Waals surface area contributed by atoms with E-state index < -0.39 is 13.6 Å². The first-order valence-electron chi connectivity index (χ1n) is 24.4. The number of carbonyl (C=O) groups is 1. The number of amides is 1. The summed E-state index contributed by atoms with van der Waals surface area (Å²) in [6, 6.07) is -0.614. The number of hydrogen-bond acceptors (Lipinski definition) is 9. The molecular formula is C46H95N2O9PS. The second-order valence-electron chi connectivity index (χ2n) is 16.4. The highest BCUT2D eigenvalue weighted by atomic mass is 32.2. The van der Waals surface area contributed by atoms with Crippen LogP contribution in [-0.4, -0.2) is 112 Å². The highest BCUT2D eigenvalue weighted by Crippen LogP contribution is 2.33. The summed E-state index contributed by atoms with van der Waals surface area (Å²) in [6.45, 7) is 8.65. The van der Waals surface area contributed by atoms with Crippen molar-refractivity contribution in [3.63, 3.8) is 0 Å². The number of thioether (sulfide) groups is 1. The first-order chi connectivity index (χ1) is 28.8. The summed E-state index contributed by atoms with van der Waals surface area (Å²) in [7, 11) is -4.03. The lowest BCUT2D eigenvalue weighted by Gasteiger charge is -2.19. The molecule has 0 aromatic heterocycles. The van der Waals surface area contributed by atoms with Crippen molar-refractivity contribution in [2.24, 2.45) is 5.73 Å². The lowest BCUT2D eigenvalue weighted by Crippen LogP contribution is -2.43. The maximum absolute atomic E-state index is 12.6. The maximum Gasteiger partial charge on any atom is 0.327 e. The highest BCUT2D eigenvalue weighted by molar-refractivity contribution is 7.99. The third-order valence-corrected chi connectivity index (χ3v) is 12.5. The van der Waals surface area contributed by atoms with Crippen LogP contribution < -0.4 is 11.1 Å². The fraction of sp³-hybridized carbons (Fsp3) is 0.978. The van der Waals surface area contributed by atoms with Gasteiger partial charge in [-0.2, -0.15) is 11.8 Å². The van der Waals surface area contributed by atoms with Crippen LogP contribution in [0, 0.1) is 0 Å². The Kier molecular flexibility index (Phi) is 47.0. The van der Waals surface area contributed by atoms with Gasteiger partial charge >= 0.3 is 7.60 Å². The largest absolute Gasteiger partial charge is 0.379 e. The monoisotopic (exact) mass is 883 g/mol. The molecule has 0 aliphatic heterocycles. The fourth-order valence-electron chi connectivity index (χ4n) is 6.81. The van der Waals surface area contributed by atoms with Gasteiger partial charge < -0.3 is 44.5 Å². The first-order valence-corrected chi connectivity index (χ1v) is 27.3. The molecular weight excluding hydrogens is 788 g/mol. The summed E-state index contributed by atoms with van der Waals surface area (Å²) in [4.78, 5) is 30.2. The minimum Gasteiger partial charge on any atom is -0.379 e. The Bertz CT molecular complexity index is 905. The van der Waals surface area contributed by atoms with Crippen LogP contribution in [0.5, 0.6) is 0 Å². The third kappa shape index (κ3) is 48.6. The Labute approximate surface area is 367 Å². The summed E-state index contributed by atoms with van der Waals surface area (Å²) < 4.78 is 39.2. The zero-order chi connectivity index (χ0) is 43.2. The van der Waals surface area contributed by atoms with Gasteiger partial charge in [-0.1, -0.05) is 181 Å². The van der Waals surface area contributed by atoms with Crippen LogP contribution in [0.4, 0.5) is 0 Å². The number of carbonyl (C=O) groups excluding carboxylic acids is 1. The van der Waals surface area contributed by atoms with Gasteiger partial charge in [-0.25, -0.2) is 0 Å². The SMILES string of the molecule is CCCCCCCCCCCCCCCCOC[C@H](CSC[C@H](N)C(=O)NCCOCCOCCOCCP(=O)(O)O)OCCCCCCCCCCCCCCCC. The minimum absolute atomic E-state index is 0.00753. The number of nitrogens with one attached hydrogen (secondary N) is 1. The standard InChI is InChI=1S/C46H95N2O9PS/c1-3-5-7-9-11-13-15-17-19-21-23-25-27-29-32-56-41-44(57-33-30-28-26-24-22-20-18-16-14-12-10-8-6-4-2)42-59-43-45(47)46(49)48-31-34-53-35-36-54-37-38-55-39-40-58(50,51)52/h44-45H,3-43,47H2,1-2H3,(H,48,49)(H2,50,51,52)/t44-,45+/m1/s1. The molecule has 5 N–H and O–H groups in total. The Balaban J connectivity index is 4.18. The van der Waals surface area contributed by atoms with Crippen LogP contribution in [0.2, 0.25) is 0 Å². The van der Waals surface area contributed by atoms with Crippen molar-refractivity contribution in [2.75, 3.05) is 83.7 Å². The van der Waals surface area contributed by atoms with Crippen LogP contribution in [0.1, 0.15) is 194 Å². The molecule has 0 radical (unpaired) electrons. The van der Waals surface area contributed by atoms with E-state index in [0.29, 0.717) is 45.3 Å². The Morgan fingerprint density at radius 3 is 1.36 bits per heavy atom. The van der Waals surface area contributed by atoms with Crippen LogP contribution in [-0.2, 0) is 33.0 Å². The van der Waals surface area contributed by atoms with Crippen molar-refractivity contribution < 1.29 is 42.8 Å². The van der Waals surface area contributed by atoms with Gasteiger partial charge in [0.15, 0.2) is 0 Å². The molecule has 354 valence electrons. The molecule has 0 rings (SSSR count). The lowest BCUT2D eigenvalue weighted by molar-refractivity contribution is -0.122. The average Bonchev–Trinajstić information content (AvgIpc) is 3.21. The quantitative estimate of drug-likeness (QED) is 0.0340. The van der Waals surface area contributed by atoms with Gasteiger partial charge in [0.2, 0.25) is 5.91 Å². The van der Waals surface area contributed by atoms with E-state index in [9.17, 15) is 9.36 Å². The van der Waals surface area contributed by atoms with E-state index >= 15 is 0 Å². The van der Waals surface area contributed by atoms with Crippen molar-refractivity contribution in [1.82, 2.24) is 5.32 Å². The summed E-state index contributed by atoms with van der Waals surface area (Å²) in [5.74, 6) is 1.06. The number of unbranched alkanes of at least 4 members (excludes halogenated alkanes) is 26. The van der Waals surface area contributed by atoms with E-state index in [1.807, 2.05) is 0 Å². The van der Waals surface area contributed by atoms with E-state index in [4.69, 9.17) is 39.2 Å². The lowest BCUT2D eigenvalue weighted by atomic mass is 10.0. The molecule has 0 aliphatic carbocycles. The maximum atomic E-state index is 12.6. The highest BCUT2D eigenvalue weighted by Gasteiger charge is 2.16. The van der Waals surface area contributed by atoms with E-state index in [1.165, 1.54) is 167 Å². The molecule has 59 heavy (non-hydrogen) atoms. The van der Waals surface area contributed by atoms with E-state index in [1.54, 1.807) is 11.8 Å². The van der Waals surface area contributed by atoms with Gasteiger partial charge in [0.1, 0.15) is 0 Å². The molecule has 0 bridgehead atoms. The van der Waals surface area contributed by atoms with Crippen molar-refractivity contribution in [1.29, 1.82) is 0 Å². The summed E-state index contributed by atoms with van der Waals surface area (Å²) in [6.07, 6.45) is 37.3. The van der Waals surface area contributed by atoms with E-state index in [-0.39, 0.29) is 31.4 Å². The molecule has 0 heterocycles. The Morgan fingerprint density at radius 2 is 0.915 bits per heavy atom. The van der Waals surface area contributed by atoms with Gasteiger partial charge in [0.05, 0.1) is 64.6 Å². The molecule has 0 aromatic carbocycles. The van der Waals surface area contributed by atoms with Gasteiger partial charge in [-0.15, -0.1) is 0 Å². The van der Waals surface area contributed by atoms with Crippen LogP contribution >= 0.6 is 19.4 Å². The van der Waals surface area contributed by atoms with Crippen molar-refractivity contribution in [3.05, 3.63) is 0 Å². The molecule has 0 aromatic rings. The van der Waals surface area contributed by atoms with E-state index in [0.717, 1.165) is 31.8 Å². The summed E-state index contributed by atoms with van der Waals surface area (Å²) in [5.41, 5.74) is 6.21. The predicted octanol–water partition coefficient (Wildman–Crippen LogP) is 10.8. The second-order valence-corrected chi connectivity index (χ2v) is 19.3. The molecule has 0 saturated carbocycles. The van der Waals surface area contributed by atoms with E-state index in [2.05, 4.69) is 19.2 Å². The van der Waals surface area contributed by atoms with Crippen LogP contribution in [0.25, 0.3) is 0 Å². The van der Waals surface area contributed by atoms with Gasteiger partial charge in [-0.3, -0.25) is 9.36 Å². The zero-order valence-corrected chi connectivity index (χ0v) is 40.0. The summed E-state index contributed by atoms with van der Waals surface area (Å²) in [5, 5.41) is 2.84. The molecule has 0 aliphatic rings. The molecule has 0 fully saturated rings. The number of ether oxygens (including phenoxy) is 5. The first kappa shape index (κ1) is 58.7. The Hall–Kier alpha value is -0.270. The molecule has 0 spiro atoms. The molecule has 13 heteroatoms. The Morgan fingerprint density at radius 1 is 0.525 bits per heavy atom. The van der Waals surface area contributed by atoms with Crippen molar-refractivity contribution in [2.45, 2.75) is 206 Å². The molecule has 11 nitrogen and oxygen atoms in total.